The molecule has 0 aromatic carbocycles. The topological polar surface area (TPSA) is 77.2 Å². The molecule has 1 amide bonds. The number of amides is 1. The van der Waals surface area contributed by atoms with E-state index in [-0.39, 0.29) is 12.0 Å². The van der Waals surface area contributed by atoms with E-state index in [1.54, 1.807) is 13.0 Å². The van der Waals surface area contributed by atoms with Crippen LogP contribution in [0.1, 0.15) is 34.6 Å². The number of nitrogens with zero attached hydrogens (tertiary/aromatic N) is 2. The Morgan fingerprint density at radius 2 is 2.35 bits per heavy atom. The summed E-state index contributed by atoms with van der Waals surface area (Å²) in [5.74, 6) is -0.137. The molecule has 1 atom stereocenters. The molecular formula is C14H17N3O3. The Morgan fingerprint density at radius 3 is 3.10 bits per heavy atom. The number of aryl methyl sites for hydroxylation is 2. The smallest absolute Gasteiger partial charge is 0.258 e. The monoisotopic (exact) mass is 275 g/mol. The first kappa shape index (κ1) is 13.1. The Balaban J connectivity index is 1.84. The van der Waals surface area contributed by atoms with Crippen LogP contribution in [0.2, 0.25) is 0 Å². The fourth-order valence-electron chi connectivity index (χ4n) is 2.50. The van der Waals surface area contributed by atoms with E-state index in [0.29, 0.717) is 28.9 Å². The van der Waals surface area contributed by atoms with Crippen molar-refractivity contribution in [3.63, 3.8) is 0 Å². The Labute approximate surface area is 116 Å². The normalized spacial score (nSPS) is 18.6. The van der Waals surface area contributed by atoms with Crippen LogP contribution in [0.3, 0.4) is 0 Å². The molecular weight excluding hydrogens is 258 g/mol. The zero-order chi connectivity index (χ0) is 14.1. The highest BCUT2D eigenvalue weighted by atomic mass is 16.5. The van der Waals surface area contributed by atoms with Crippen molar-refractivity contribution in [1.29, 1.82) is 0 Å². The molecule has 1 aliphatic rings. The van der Waals surface area contributed by atoms with E-state index in [0.717, 1.165) is 25.1 Å². The summed E-state index contributed by atoms with van der Waals surface area (Å²) in [4.78, 5) is 16.6. The Bertz CT molecular complexity index is 644. The highest BCUT2D eigenvalue weighted by Gasteiger charge is 2.20. The number of fused-ring (bicyclic) bond motifs is 1. The molecule has 2 aromatic heterocycles. The molecule has 1 saturated heterocycles. The minimum Gasteiger partial charge on any atom is -0.376 e. The van der Waals surface area contributed by atoms with E-state index in [1.165, 1.54) is 0 Å². The van der Waals surface area contributed by atoms with Crippen molar-refractivity contribution in [3.8, 4) is 0 Å². The molecule has 106 valence electrons. The molecule has 1 aliphatic heterocycles. The minimum absolute atomic E-state index is 0.126. The van der Waals surface area contributed by atoms with Crippen LogP contribution in [0.25, 0.3) is 11.1 Å². The summed E-state index contributed by atoms with van der Waals surface area (Å²) in [5, 5.41) is 7.47. The van der Waals surface area contributed by atoms with Gasteiger partial charge >= 0.3 is 0 Å². The molecule has 0 radical (unpaired) electrons. The lowest BCUT2D eigenvalue weighted by molar-refractivity contribution is 0.0859. The van der Waals surface area contributed by atoms with E-state index >= 15 is 0 Å². The zero-order valence-electron chi connectivity index (χ0n) is 11.6. The van der Waals surface area contributed by atoms with Gasteiger partial charge in [-0.2, -0.15) is 0 Å². The lowest BCUT2D eigenvalue weighted by Crippen LogP contribution is -2.32. The Morgan fingerprint density at radius 1 is 1.50 bits per heavy atom. The average Bonchev–Trinajstić information content (AvgIpc) is 3.05. The van der Waals surface area contributed by atoms with Crippen molar-refractivity contribution >= 4 is 17.0 Å². The first-order valence-electron chi connectivity index (χ1n) is 6.78. The quantitative estimate of drug-likeness (QED) is 0.923. The van der Waals surface area contributed by atoms with Gasteiger partial charge in [-0.25, -0.2) is 4.98 Å². The number of pyridine rings is 1. The van der Waals surface area contributed by atoms with E-state index in [2.05, 4.69) is 15.5 Å². The highest BCUT2D eigenvalue weighted by molar-refractivity contribution is 6.06. The number of carbonyl (C=O) groups excluding carboxylic acids is 1. The van der Waals surface area contributed by atoms with Crippen molar-refractivity contribution in [2.75, 3.05) is 13.2 Å². The zero-order valence-corrected chi connectivity index (χ0v) is 11.6. The SMILES string of the molecule is Cc1cc(C(=O)NCC2CCCO2)c2c(C)noc2n1. The van der Waals surface area contributed by atoms with Gasteiger partial charge < -0.3 is 14.6 Å². The molecule has 6 nitrogen and oxygen atoms in total. The maximum absolute atomic E-state index is 12.4. The molecule has 0 saturated carbocycles. The Kier molecular flexibility index (Phi) is 3.40. The van der Waals surface area contributed by atoms with E-state index < -0.39 is 0 Å². The van der Waals surface area contributed by atoms with Crippen LogP contribution in [0.5, 0.6) is 0 Å². The predicted molar refractivity (Wildman–Crippen MR) is 72.6 cm³/mol. The Hall–Kier alpha value is -1.95. The number of aromatic nitrogens is 2. The molecule has 20 heavy (non-hydrogen) atoms. The molecule has 3 rings (SSSR count). The first-order valence-corrected chi connectivity index (χ1v) is 6.78. The second-order valence-corrected chi connectivity index (χ2v) is 5.10. The number of ether oxygens (including phenoxy) is 1. The van der Waals surface area contributed by atoms with Gasteiger partial charge in [0, 0.05) is 18.8 Å². The molecule has 1 unspecified atom stereocenters. The lowest BCUT2D eigenvalue weighted by Gasteiger charge is -2.11. The van der Waals surface area contributed by atoms with Crippen LogP contribution >= 0.6 is 0 Å². The summed E-state index contributed by atoms with van der Waals surface area (Å²) in [6, 6.07) is 1.76. The first-order chi connectivity index (χ1) is 9.65. The van der Waals surface area contributed by atoms with Gasteiger partial charge in [0.1, 0.15) is 0 Å². The van der Waals surface area contributed by atoms with Gasteiger partial charge in [0.15, 0.2) is 0 Å². The number of hydrogen-bond donors (Lipinski definition) is 1. The van der Waals surface area contributed by atoms with Gasteiger partial charge in [-0.05, 0) is 32.8 Å². The summed E-state index contributed by atoms with van der Waals surface area (Å²) in [7, 11) is 0. The molecule has 0 bridgehead atoms. The number of rotatable bonds is 3. The van der Waals surface area contributed by atoms with Gasteiger partial charge in [-0.1, -0.05) is 5.16 Å². The summed E-state index contributed by atoms with van der Waals surface area (Å²) in [5.41, 5.74) is 2.37. The van der Waals surface area contributed by atoms with Crippen molar-refractivity contribution in [1.82, 2.24) is 15.5 Å². The number of carbonyl (C=O) groups is 1. The van der Waals surface area contributed by atoms with Crippen molar-refractivity contribution < 1.29 is 14.1 Å². The summed E-state index contributed by atoms with van der Waals surface area (Å²) < 4.78 is 10.6. The van der Waals surface area contributed by atoms with Crippen LogP contribution in [-0.4, -0.2) is 35.3 Å². The van der Waals surface area contributed by atoms with Crippen LogP contribution < -0.4 is 5.32 Å². The second kappa shape index (κ2) is 5.20. The summed E-state index contributed by atoms with van der Waals surface area (Å²) in [6.45, 7) is 4.95. The standard InChI is InChI=1S/C14H17N3O3/c1-8-6-11(12-9(2)17-20-14(12)16-8)13(18)15-7-10-4-3-5-19-10/h6,10H,3-5,7H2,1-2H3,(H,15,18). The number of nitrogens with one attached hydrogen (secondary N) is 1. The summed E-state index contributed by atoms with van der Waals surface area (Å²) in [6.07, 6.45) is 2.18. The van der Waals surface area contributed by atoms with Gasteiger partial charge in [0.2, 0.25) is 0 Å². The summed E-state index contributed by atoms with van der Waals surface area (Å²) >= 11 is 0. The van der Waals surface area contributed by atoms with E-state index in [1.807, 2.05) is 6.92 Å². The lowest BCUT2D eigenvalue weighted by atomic mass is 10.1. The fraction of sp³-hybridized carbons (Fsp3) is 0.500. The molecule has 6 heteroatoms. The van der Waals surface area contributed by atoms with Crippen LogP contribution in [0.4, 0.5) is 0 Å². The molecule has 1 fully saturated rings. The van der Waals surface area contributed by atoms with Gasteiger partial charge in [-0.15, -0.1) is 0 Å². The third kappa shape index (κ3) is 2.38. The maximum Gasteiger partial charge on any atom is 0.258 e. The molecule has 3 heterocycles. The van der Waals surface area contributed by atoms with E-state index in [4.69, 9.17) is 9.26 Å². The maximum atomic E-state index is 12.4. The third-order valence-corrected chi connectivity index (χ3v) is 3.50. The predicted octanol–water partition coefficient (Wildman–Crippen LogP) is 1.75. The molecule has 2 aromatic rings. The highest BCUT2D eigenvalue weighted by Crippen LogP contribution is 2.22. The van der Waals surface area contributed by atoms with Crippen LogP contribution in [-0.2, 0) is 4.74 Å². The van der Waals surface area contributed by atoms with Crippen molar-refractivity contribution in [3.05, 3.63) is 23.0 Å². The van der Waals surface area contributed by atoms with Crippen molar-refractivity contribution in [2.45, 2.75) is 32.8 Å². The average molecular weight is 275 g/mol. The van der Waals surface area contributed by atoms with Crippen molar-refractivity contribution in [2.24, 2.45) is 0 Å². The van der Waals surface area contributed by atoms with E-state index in [9.17, 15) is 4.79 Å². The second-order valence-electron chi connectivity index (χ2n) is 5.10. The van der Waals surface area contributed by atoms with Gasteiger partial charge in [-0.3, -0.25) is 4.79 Å². The van der Waals surface area contributed by atoms with Crippen LogP contribution in [0.15, 0.2) is 10.6 Å². The van der Waals surface area contributed by atoms with Gasteiger partial charge in [0.25, 0.3) is 11.6 Å². The van der Waals surface area contributed by atoms with Gasteiger partial charge in [0.05, 0.1) is 22.7 Å². The molecule has 1 N–H and O–H groups in total. The minimum atomic E-state index is -0.137. The third-order valence-electron chi connectivity index (χ3n) is 3.50. The molecule has 0 aliphatic carbocycles. The number of hydrogen-bond acceptors (Lipinski definition) is 5. The fourth-order valence-corrected chi connectivity index (χ4v) is 2.50. The largest absolute Gasteiger partial charge is 0.376 e. The molecule has 0 spiro atoms. The van der Waals surface area contributed by atoms with Crippen LogP contribution in [0, 0.1) is 13.8 Å².